The number of hydrogen-bond acceptors (Lipinski definition) is 5. The maximum absolute atomic E-state index is 11.4. The molecule has 1 heterocycles. The van der Waals surface area contributed by atoms with Gasteiger partial charge in [-0.05, 0) is 36.6 Å². The van der Waals surface area contributed by atoms with Gasteiger partial charge in [0.1, 0.15) is 0 Å². The van der Waals surface area contributed by atoms with Gasteiger partial charge in [-0.2, -0.15) is 4.98 Å². The van der Waals surface area contributed by atoms with Crippen LogP contribution in [-0.2, 0) is 17.6 Å². The number of hydrogen-bond donors (Lipinski definition) is 0. The second-order valence-electron chi connectivity index (χ2n) is 4.16. The van der Waals surface area contributed by atoms with Crippen molar-refractivity contribution in [1.29, 1.82) is 0 Å². The summed E-state index contributed by atoms with van der Waals surface area (Å²) in [6, 6.07) is 8.13. The van der Waals surface area contributed by atoms with Gasteiger partial charge in [-0.15, -0.1) is 0 Å². The maximum atomic E-state index is 11.4. The molecule has 0 N–H and O–H groups in total. The number of carbonyl (C=O) groups excluding carboxylic acids is 1. The quantitative estimate of drug-likeness (QED) is 0.772. The second kappa shape index (κ2) is 6.13. The fourth-order valence-corrected chi connectivity index (χ4v) is 1.77. The standard InChI is InChI=1S/C14H16N2O3/c1-3-18-14(17)13-15-12(19-16-13)9-8-11-7-5-4-6-10(11)2/h4-7H,3,8-9H2,1-2H3. The highest BCUT2D eigenvalue weighted by molar-refractivity contribution is 5.84. The highest BCUT2D eigenvalue weighted by Gasteiger charge is 2.15. The van der Waals surface area contributed by atoms with E-state index < -0.39 is 5.97 Å². The zero-order chi connectivity index (χ0) is 13.7. The van der Waals surface area contributed by atoms with Crippen molar-refractivity contribution in [3.63, 3.8) is 0 Å². The molecule has 0 aliphatic heterocycles. The molecule has 5 nitrogen and oxygen atoms in total. The van der Waals surface area contributed by atoms with Gasteiger partial charge in [0.25, 0.3) is 5.82 Å². The van der Waals surface area contributed by atoms with Gasteiger partial charge in [0.15, 0.2) is 0 Å². The summed E-state index contributed by atoms with van der Waals surface area (Å²) < 4.78 is 9.83. The summed E-state index contributed by atoms with van der Waals surface area (Å²) in [5, 5.41) is 3.61. The molecule has 5 heteroatoms. The van der Waals surface area contributed by atoms with Crippen LogP contribution >= 0.6 is 0 Å². The van der Waals surface area contributed by atoms with Gasteiger partial charge in [-0.1, -0.05) is 24.3 Å². The molecule has 100 valence electrons. The Labute approximate surface area is 111 Å². The third-order valence-corrected chi connectivity index (χ3v) is 2.80. The van der Waals surface area contributed by atoms with E-state index in [-0.39, 0.29) is 5.82 Å². The first-order valence-electron chi connectivity index (χ1n) is 6.25. The smallest absolute Gasteiger partial charge is 0.379 e. The number of aryl methyl sites for hydroxylation is 3. The third-order valence-electron chi connectivity index (χ3n) is 2.80. The van der Waals surface area contributed by atoms with Crippen molar-refractivity contribution in [3.8, 4) is 0 Å². The van der Waals surface area contributed by atoms with Crippen molar-refractivity contribution in [1.82, 2.24) is 10.1 Å². The number of benzene rings is 1. The second-order valence-corrected chi connectivity index (χ2v) is 4.16. The van der Waals surface area contributed by atoms with E-state index in [4.69, 9.17) is 9.26 Å². The average Bonchev–Trinajstić information content (AvgIpc) is 2.87. The number of esters is 1. The zero-order valence-corrected chi connectivity index (χ0v) is 11.0. The minimum Gasteiger partial charge on any atom is -0.460 e. The lowest BCUT2D eigenvalue weighted by molar-refractivity contribution is 0.0508. The monoisotopic (exact) mass is 260 g/mol. The van der Waals surface area contributed by atoms with Crippen LogP contribution in [0.15, 0.2) is 28.8 Å². The summed E-state index contributed by atoms with van der Waals surface area (Å²) in [4.78, 5) is 15.4. The molecule has 0 saturated heterocycles. The van der Waals surface area contributed by atoms with Gasteiger partial charge in [0, 0.05) is 6.42 Å². The molecule has 0 fully saturated rings. The van der Waals surface area contributed by atoms with Crippen LogP contribution in [0.25, 0.3) is 0 Å². The van der Waals surface area contributed by atoms with Gasteiger partial charge in [-0.25, -0.2) is 4.79 Å². The SMILES string of the molecule is CCOC(=O)c1noc(CCc2ccccc2C)n1. The molecule has 0 unspecified atom stereocenters. The largest absolute Gasteiger partial charge is 0.460 e. The molecule has 0 bridgehead atoms. The lowest BCUT2D eigenvalue weighted by atomic mass is 10.0. The van der Waals surface area contributed by atoms with Crippen molar-refractivity contribution >= 4 is 5.97 Å². The third kappa shape index (κ3) is 3.40. The predicted octanol–water partition coefficient (Wildman–Crippen LogP) is 2.34. The molecule has 2 aromatic rings. The van der Waals surface area contributed by atoms with E-state index >= 15 is 0 Å². The lowest BCUT2D eigenvalue weighted by Gasteiger charge is -2.02. The van der Waals surface area contributed by atoms with E-state index in [1.54, 1.807) is 6.92 Å². The van der Waals surface area contributed by atoms with E-state index in [9.17, 15) is 4.79 Å². The molecule has 19 heavy (non-hydrogen) atoms. The number of carbonyl (C=O) groups is 1. The van der Waals surface area contributed by atoms with Gasteiger partial charge in [0.2, 0.25) is 5.89 Å². The van der Waals surface area contributed by atoms with Crippen LogP contribution in [0.3, 0.4) is 0 Å². The maximum Gasteiger partial charge on any atom is 0.379 e. The molecule has 0 aliphatic carbocycles. The predicted molar refractivity (Wildman–Crippen MR) is 68.8 cm³/mol. The molecule has 2 rings (SSSR count). The molecule has 0 spiro atoms. The number of rotatable bonds is 5. The fourth-order valence-electron chi connectivity index (χ4n) is 1.77. The Morgan fingerprint density at radius 3 is 2.84 bits per heavy atom. The van der Waals surface area contributed by atoms with Crippen molar-refractivity contribution in [2.75, 3.05) is 6.61 Å². The first kappa shape index (κ1) is 13.3. The van der Waals surface area contributed by atoms with Crippen LogP contribution in [0.2, 0.25) is 0 Å². The number of ether oxygens (including phenoxy) is 1. The Hall–Kier alpha value is -2.17. The van der Waals surface area contributed by atoms with Crippen LogP contribution in [0, 0.1) is 6.92 Å². The average molecular weight is 260 g/mol. The molecular weight excluding hydrogens is 244 g/mol. The van der Waals surface area contributed by atoms with E-state index in [2.05, 4.69) is 29.2 Å². The van der Waals surface area contributed by atoms with Crippen molar-refractivity contribution in [2.24, 2.45) is 0 Å². The van der Waals surface area contributed by atoms with Gasteiger partial charge < -0.3 is 9.26 Å². The Kier molecular flexibility index (Phi) is 4.28. The first-order valence-corrected chi connectivity index (χ1v) is 6.25. The fraction of sp³-hybridized carbons (Fsp3) is 0.357. The highest BCUT2D eigenvalue weighted by atomic mass is 16.5. The molecule has 1 aromatic heterocycles. The summed E-state index contributed by atoms with van der Waals surface area (Å²) in [5.41, 5.74) is 2.46. The van der Waals surface area contributed by atoms with Crippen molar-refractivity contribution in [2.45, 2.75) is 26.7 Å². The molecule has 1 aromatic carbocycles. The lowest BCUT2D eigenvalue weighted by Crippen LogP contribution is -2.06. The first-order chi connectivity index (χ1) is 9.20. The summed E-state index contributed by atoms with van der Waals surface area (Å²) in [6.45, 7) is 4.09. The van der Waals surface area contributed by atoms with Crippen LogP contribution in [0.1, 0.15) is 34.6 Å². The normalized spacial score (nSPS) is 10.4. The Balaban J connectivity index is 1.97. The van der Waals surface area contributed by atoms with Crippen LogP contribution in [-0.4, -0.2) is 22.7 Å². The van der Waals surface area contributed by atoms with E-state index in [1.807, 2.05) is 12.1 Å². The Morgan fingerprint density at radius 1 is 1.32 bits per heavy atom. The Morgan fingerprint density at radius 2 is 2.11 bits per heavy atom. The summed E-state index contributed by atoms with van der Waals surface area (Å²) in [5.74, 6) is -0.110. The molecule has 0 amide bonds. The van der Waals surface area contributed by atoms with Gasteiger partial charge in [-0.3, -0.25) is 0 Å². The van der Waals surface area contributed by atoms with Crippen LogP contribution in [0.4, 0.5) is 0 Å². The van der Waals surface area contributed by atoms with Crippen molar-refractivity contribution in [3.05, 3.63) is 47.1 Å². The van der Waals surface area contributed by atoms with E-state index in [1.165, 1.54) is 11.1 Å². The number of aromatic nitrogens is 2. The van der Waals surface area contributed by atoms with Crippen LogP contribution in [0.5, 0.6) is 0 Å². The van der Waals surface area contributed by atoms with Gasteiger partial charge in [0.05, 0.1) is 6.61 Å². The number of nitrogens with zero attached hydrogens (tertiary/aromatic N) is 2. The zero-order valence-electron chi connectivity index (χ0n) is 11.0. The van der Waals surface area contributed by atoms with Crippen LogP contribution < -0.4 is 0 Å². The van der Waals surface area contributed by atoms with E-state index in [0.717, 1.165) is 6.42 Å². The summed E-state index contributed by atoms with van der Waals surface area (Å²) in [7, 11) is 0. The highest BCUT2D eigenvalue weighted by Crippen LogP contribution is 2.10. The molecule has 0 aliphatic rings. The van der Waals surface area contributed by atoms with Gasteiger partial charge >= 0.3 is 5.97 Å². The molecule has 0 radical (unpaired) electrons. The van der Waals surface area contributed by atoms with Crippen molar-refractivity contribution < 1.29 is 14.1 Å². The molecular formula is C14H16N2O3. The minimum absolute atomic E-state index is 0.0124. The van der Waals surface area contributed by atoms with E-state index in [0.29, 0.717) is 18.9 Å². The Bertz CT molecular complexity index is 563. The molecule has 0 saturated carbocycles. The topological polar surface area (TPSA) is 65.2 Å². The minimum atomic E-state index is -0.548. The summed E-state index contributed by atoms with van der Waals surface area (Å²) >= 11 is 0. The molecule has 0 atom stereocenters. The summed E-state index contributed by atoms with van der Waals surface area (Å²) in [6.07, 6.45) is 1.41.